The van der Waals surface area contributed by atoms with Crippen molar-refractivity contribution in [1.29, 1.82) is 5.26 Å². The van der Waals surface area contributed by atoms with E-state index in [1.807, 2.05) is 6.07 Å². The molecule has 0 saturated carbocycles. The first-order valence-electron chi connectivity index (χ1n) is 3.75. The Hall–Kier alpha value is -1.69. The Morgan fingerprint density at radius 2 is 2.08 bits per heavy atom. The normalized spacial score (nSPS) is 16.7. The quantitative estimate of drug-likeness (QED) is 0.597. The van der Waals surface area contributed by atoms with Crippen molar-refractivity contribution in [2.24, 2.45) is 0 Å². The van der Waals surface area contributed by atoms with Gasteiger partial charge in [0.1, 0.15) is 0 Å². The molecule has 0 fully saturated rings. The molecule has 0 saturated heterocycles. The lowest BCUT2D eigenvalue weighted by Gasteiger charge is -2.08. The summed E-state index contributed by atoms with van der Waals surface area (Å²) in [5.41, 5.74) is 0.678. The molecule has 1 nitrogen and oxygen atoms in total. The second-order valence-corrected chi connectivity index (χ2v) is 2.87. The monoisotopic (exact) mass is 177 g/mol. The number of hydrogen-bond donors (Lipinski definition) is 0. The molecule has 0 amide bonds. The number of fused-ring (bicyclic) bond motifs is 1. The van der Waals surface area contributed by atoms with E-state index in [0.29, 0.717) is 5.56 Å². The summed E-state index contributed by atoms with van der Waals surface area (Å²) in [4.78, 5) is 0. The van der Waals surface area contributed by atoms with Gasteiger partial charge < -0.3 is 0 Å². The third kappa shape index (κ3) is 1.11. The maximum atomic E-state index is 13.1. The first-order chi connectivity index (χ1) is 6.13. The molecule has 2 rings (SSSR count). The first-order valence-corrected chi connectivity index (χ1v) is 3.75. The Balaban J connectivity index is 2.62. The van der Waals surface area contributed by atoms with E-state index in [0.717, 1.165) is 6.08 Å². The molecular formula is C10H5F2N. The molecule has 1 aliphatic rings. The van der Waals surface area contributed by atoms with Crippen LogP contribution < -0.4 is 0 Å². The fourth-order valence-electron chi connectivity index (χ4n) is 1.34. The van der Waals surface area contributed by atoms with E-state index in [1.54, 1.807) is 0 Å². The van der Waals surface area contributed by atoms with Crippen molar-refractivity contribution >= 4 is 6.08 Å². The summed E-state index contributed by atoms with van der Waals surface area (Å²) in [5.74, 6) is -2.91. The van der Waals surface area contributed by atoms with Gasteiger partial charge in [-0.05, 0) is 23.8 Å². The van der Waals surface area contributed by atoms with Crippen molar-refractivity contribution in [2.75, 3.05) is 0 Å². The van der Waals surface area contributed by atoms with E-state index in [9.17, 15) is 8.78 Å². The van der Waals surface area contributed by atoms with E-state index >= 15 is 0 Å². The topological polar surface area (TPSA) is 23.8 Å². The average Bonchev–Trinajstić information content (AvgIpc) is 2.42. The van der Waals surface area contributed by atoms with Crippen LogP contribution in [0.2, 0.25) is 0 Å². The molecule has 3 heteroatoms. The molecule has 0 aromatic heterocycles. The predicted octanol–water partition coefficient (Wildman–Crippen LogP) is 2.68. The highest BCUT2D eigenvalue weighted by molar-refractivity contribution is 5.64. The molecule has 13 heavy (non-hydrogen) atoms. The summed E-state index contributed by atoms with van der Waals surface area (Å²) in [7, 11) is 0. The minimum Gasteiger partial charge on any atom is -0.196 e. The van der Waals surface area contributed by atoms with E-state index in [4.69, 9.17) is 5.26 Å². The van der Waals surface area contributed by atoms with Crippen LogP contribution in [0.4, 0.5) is 8.78 Å². The molecular weight excluding hydrogens is 172 g/mol. The summed E-state index contributed by atoms with van der Waals surface area (Å²) in [5, 5.41) is 8.52. The van der Waals surface area contributed by atoms with Gasteiger partial charge in [-0.25, -0.2) is 0 Å². The largest absolute Gasteiger partial charge is 0.292 e. The third-order valence-corrected chi connectivity index (χ3v) is 2.01. The van der Waals surface area contributed by atoms with Crippen LogP contribution in [0.3, 0.4) is 0 Å². The van der Waals surface area contributed by atoms with Crippen LogP contribution in [-0.2, 0) is 5.92 Å². The Labute approximate surface area is 73.9 Å². The Morgan fingerprint density at radius 3 is 2.77 bits per heavy atom. The van der Waals surface area contributed by atoms with Crippen molar-refractivity contribution in [3.63, 3.8) is 0 Å². The van der Waals surface area contributed by atoms with Gasteiger partial charge in [0.05, 0.1) is 11.6 Å². The molecule has 0 radical (unpaired) electrons. The fourth-order valence-corrected chi connectivity index (χ4v) is 1.34. The number of nitrogens with zero attached hydrogens (tertiary/aromatic N) is 1. The molecule has 0 bridgehead atoms. The fraction of sp³-hybridized carbons (Fsp3) is 0.100. The zero-order valence-electron chi connectivity index (χ0n) is 6.59. The van der Waals surface area contributed by atoms with Crippen molar-refractivity contribution in [3.8, 4) is 6.07 Å². The second-order valence-electron chi connectivity index (χ2n) is 2.87. The van der Waals surface area contributed by atoms with Crippen LogP contribution in [0.15, 0.2) is 24.3 Å². The standard InChI is InChI=1S/C10H5F2N/c11-10(12)4-3-8-2-1-7(6-13)5-9(8)10/h1-5H. The maximum Gasteiger partial charge on any atom is 0.292 e. The smallest absolute Gasteiger partial charge is 0.196 e. The number of hydrogen-bond acceptors (Lipinski definition) is 1. The minimum atomic E-state index is -2.91. The SMILES string of the molecule is N#Cc1ccc2c(c1)C(F)(F)C=C2. The molecule has 1 aliphatic carbocycles. The summed E-state index contributed by atoms with van der Waals surface area (Å²) in [6.07, 6.45) is 2.22. The summed E-state index contributed by atoms with van der Waals surface area (Å²) in [6, 6.07) is 6.13. The molecule has 0 atom stereocenters. The van der Waals surface area contributed by atoms with E-state index < -0.39 is 5.92 Å². The maximum absolute atomic E-state index is 13.1. The van der Waals surface area contributed by atoms with Crippen LogP contribution >= 0.6 is 0 Å². The number of alkyl halides is 2. The van der Waals surface area contributed by atoms with Crippen molar-refractivity contribution in [3.05, 3.63) is 41.0 Å². The minimum absolute atomic E-state index is 0.0773. The highest BCUT2D eigenvalue weighted by atomic mass is 19.3. The zero-order valence-corrected chi connectivity index (χ0v) is 6.59. The first kappa shape index (κ1) is 7.93. The second kappa shape index (κ2) is 2.40. The van der Waals surface area contributed by atoms with Gasteiger partial charge in [0, 0.05) is 5.56 Å². The number of allylic oxidation sites excluding steroid dienone is 1. The summed E-state index contributed by atoms with van der Waals surface area (Å²) < 4.78 is 26.1. The van der Waals surface area contributed by atoms with E-state index in [-0.39, 0.29) is 11.1 Å². The number of rotatable bonds is 0. The van der Waals surface area contributed by atoms with Gasteiger partial charge in [0.25, 0.3) is 5.92 Å². The van der Waals surface area contributed by atoms with Crippen LogP contribution in [0.1, 0.15) is 16.7 Å². The molecule has 0 heterocycles. The molecule has 0 N–H and O–H groups in total. The van der Waals surface area contributed by atoms with Gasteiger partial charge in [0.15, 0.2) is 0 Å². The van der Waals surface area contributed by atoms with E-state index in [2.05, 4.69) is 0 Å². The molecule has 0 aliphatic heterocycles. The number of halogens is 2. The highest BCUT2D eigenvalue weighted by Crippen LogP contribution is 2.38. The Morgan fingerprint density at radius 1 is 1.31 bits per heavy atom. The van der Waals surface area contributed by atoms with E-state index in [1.165, 1.54) is 24.3 Å². The predicted molar refractivity (Wildman–Crippen MR) is 44.1 cm³/mol. The van der Waals surface area contributed by atoms with Gasteiger partial charge in [-0.2, -0.15) is 14.0 Å². The van der Waals surface area contributed by atoms with Gasteiger partial charge in [0.2, 0.25) is 0 Å². The van der Waals surface area contributed by atoms with Crippen LogP contribution in [0.25, 0.3) is 6.08 Å². The molecule has 0 unspecified atom stereocenters. The third-order valence-electron chi connectivity index (χ3n) is 2.01. The summed E-state index contributed by atoms with van der Waals surface area (Å²) >= 11 is 0. The number of benzene rings is 1. The van der Waals surface area contributed by atoms with Gasteiger partial charge in [-0.15, -0.1) is 0 Å². The number of nitriles is 1. The lowest BCUT2D eigenvalue weighted by molar-refractivity contribution is 0.0558. The van der Waals surface area contributed by atoms with Gasteiger partial charge >= 0.3 is 0 Å². The van der Waals surface area contributed by atoms with Crippen LogP contribution in [-0.4, -0.2) is 0 Å². The zero-order chi connectivity index (χ0) is 9.47. The molecule has 0 spiro atoms. The molecule has 1 aromatic carbocycles. The summed E-state index contributed by atoms with van der Waals surface area (Å²) in [6.45, 7) is 0. The average molecular weight is 177 g/mol. The van der Waals surface area contributed by atoms with Crippen LogP contribution in [0.5, 0.6) is 0 Å². The van der Waals surface area contributed by atoms with Crippen molar-refractivity contribution < 1.29 is 8.78 Å². The van der Waals surface area contributed by atoms with Crippen LogP contribution in [0, 0.1) is 11.3 Å². The lowest BCUT2D eigenvalue weighted by atomic mass is 10.1. The van der Waals surface area contributed by atoms with Crippen molar-refractivity contribution in [2.45, 2.75) is 5.92 Å². The highest BCUT2D eigenvalue weighted by Gasteiger charge is 2.34. The Bertz CT molecular complexity index is 427. The van der Waals surface area contributed by atoms with Gasteiger partial charge in [-0.3, -0.25) is 0 Å². The molecule has 64 valence electrons. The Kier molecular flexibility index (Phi) is 1.46. The van der Waals surface area contributed by atoms with Crippen molar-refractivity contribution in [1.82, 2.24) is 0 Å². The lowest BCUT2D eigenvalue weighted by Crippen LogP contribution is -2.06. The molecule has 1 aromatic rings. The van der Waals surface area contributed by atoms with Gasteiger partial charge in [-0.1, -0.05) is 12.1 Å².